The van der Waals surface area contributed by atoms with Crippen molar-refractivity contribution in [3.05, 3.63) is 46.8 Å². The van der Waals surface area contributed by atoms with E-state index >= 15 is 0 Å². The summed E-state index contributed by atoms with van der Waals surface area (Å²) in [5.41, 5.74) is 0.823. The van der Waals surface area contributed by atoms with Crippen molar-refractivity contribution in [1.82, 2.24) is 5.32 Å². The molecule has 26 heavy (non-hydrogen) atoms. The van der Waals surface area contributed by atoms with Crippen LogP contribution in [0.2, 0.25) is 0 Å². The number of para-hydroxylation sites is 1. The SMILES string of the molecule is COc1ccccc1CC(CNC(=O)c1csc(S(N)(=O)=O)c1)C(=O)O. The summed E-state index contributed by atoms with van der Waals surface area (Å²) in [5.74, 6) is -1.93. The van der Waals surface area contributed by atoms with Gasteiger partial charge >= 0.3 is 5.97 Å². The number of nitrogens with two attached hydrogens (primary N) is 1. The van der Waals surface area contributed by atoms with Gasteiger partial charge in [-0.25, -0.2) is 13.6 Å². The number of primary sulfonamides is 1. The number of thiophene rings is 1. The van der Waals surface area contributed by atoms with Gasteiger partial charge in [0.1, 0.15) is 9.96 Å². The highest BCUT2D eigenvalue weighted by Crippen LogP contribution is 2.21. The predicted molar refractivity (Wildman–Crippen MR) is 95.8 cm³/mol. The van der Waals surface area contributed by atoms with Gasteiger partial charge in [0.25, 0.3) is 5.91 Å². The van der Waals surface area contributed by atoms with Crippen LogP contribution < -0.4 is 15.2 Å². The molecule has 0 fully saturated rings. The minimum atomic E-state index is -3.88. The summed E-state index contributed by atoms with van der Waals surface area (Å²) in [6.07, 6.45) is 0.172. The van der Waals surface area contributed by atoms with Gasteiger partial charge in [-0.1, -0.05) is 18.2 Å². The molecule has 1 heterocycles. The topological polar surface area (TPSA) is 136 Å². The molecule has 0 aliphatic rings. The molecule has 4 N–H and O–H groups in total. The molecule has 1 atom stereocenters. The number of aliphatic carboxylic acids is 1. The van der Waals surface area contributed by atoms with Crippen molar-refractivity contribution in [2.24, 2.45) is 11.1 Å². The number of carboxylic acids is 1. The van der Waals surface area contributed by atoms with Crippen LogP contribution in [0.3, 0.4) is 0 Å². The lowest BCUT2D eigenvalue weighted by Crippen LogP contribution is -2.34. The highest BCUT2D eigenvalue weighted by Gasteiger charge is 2.22. The number of benzene rings is 1. The van der Waals surface area contributed by atoms with E-state index in [0.29, 0.717) is 11.3 Å². The first-order valence-corrected chi connectivity index (χ1v) is 9.89. The molecule has 0 aliphatic carbocycles. The Hall–Kier alpha value is -2.43. The van der Waals surface area contributed by atoms with Crippen LogP contribution in [0, 0.1) is 5.92 Å². The second-order valence-corrected chi connectivity index (χ2v) is 8.16. The van der Waals surface area contributed by atoms with E-state index in [1.165, 1.54) is 12.5 Å². The Morgan fingerprint density at radius 3 is 2.62 bits per heavy atom. The van der Waals surface area contributed by atoms with Crippen molar-refractivity contribution >= 4 is 33.2 Å². The standard InChI is InChI=1S/C16H18N2O6S2/c1-24-13-5-3-2-4-10(13)6-11(16(20)21)8-18-15(19)12-7-14(25-9-12)26(17,22)23/h2-5,7,9,11H,6,8H2,1H3,(H,18,19)(H,20,21)(H2,17,22,23). The van der Waals surface area contributed by atoms with E-state index in [0.717, 1.165) is 17.4 Å². The predicted octanol–water partition coefficient (Wildman–Crippen LogP) is 1.08. The highest BCUT2D eigenvalue weighted by molar-refractivity contribution is 7.91. The average Bonchev–Trinajstić information content (AvgIpc) is 3.09. The van der Waals surface area contributed by atoms with Crippen LogP contribution in [0.5, 0.6) is 5.75 Å². The van der Waals surface area contributed by atoms with Crippen LogP contribution in [0.4, 0.5) is 0 Å². The third kappa shape index (κ3) is 5.04. The summed E-state index contributed by atoms with van der Waals surface area (Å²) in [4.78, 5) is 23.6. The van der Waals surface area contributed by atoms with Gasteiger partial charge in [0.15, 0.2) is 0 Å². The molecule has 0 spiro atoms. The number of carbonyl (C=O) groups is 2. The molecule has 1 aromatic heterocycles. The van der Waals surface area contributed by atoms with Crippen molar-refractivity contribution in [1.29, 1.82) is 0 Å². The number of hydrogen-bond acceptors (Lipinski definition) is 6. The molecule has 0 aliphatic heterocycles. The molecule has 0 saturated heterocycles. The molecule has 140 valence electrons. The summed E-state index contributed by atoms with van der Waals surface area (Å²) >= 11 is 0.826. The number of carbonyl (C=O) groups excluding carboxylic acids is 1. The molecule has 0 saturated carbocycles. The van der Waals surface area contributed by atoms with Crippen LogP contribution in [-0.4, -0.2) is 39.1 Å². The highest BCUT2D eigenvalue weighted by atomic mass is 32.2. The Bertz CT molecular complexity index is 907. The number of methoxy groups -OCH3 is 1. The maximum Gasteiger partial charge on any atom is 0.308 e. The summed E-state index contributed by atoms with van der Waals surface area (Å²) in [7, 11) is -2.38. The Labute approximate surface area is 154 Å². The molecule has 1 aromatic carbocycles. The average molecular weight is 398 g/mol. The number of amides is 1. The number of nitrogens with one attached hydrogen (secondary N) is 1. The van der Waals surface area contributed by atoms with Gasteiger partial charge in [-0.2, -0.15) is 0 Å². The van der Waals surface area contributed by atoms with Crippen LogP contribution in [-0.2, 0) is 21.2 Å². The Morgan fingerprint density at radius 1 is 1.35 bits per heavy atom. The first-order chi connectivity index (χ1) is 12.2. The quantitative estimate of drug-likeness (QED) is 0.609. The smallest absolute Gasteiger partial charge is 0.308 e. The Balaban J connectivity index is 2.05. The molecule has 1 unspecified atom stereocenters. The van der Waals surface area contributed by atoms with E-state index < -0.39 is 27.8 Å². The summed E-state index contributed by atoms with van der Waals surface area (Å²) in [5, 5.41) is 18.3. The van der Waals surface area contributed by atoms with E-state index in [1.54, 1.807) is 24.3 Å². The van der Waals surface area contributed by atoms with Gasteiger partial charge in [-0.15, -0.1) is 11.3 Å². The molecule has 10 heteroatoms. The van der Waals surface area contributed by atoms with E-state index in [1.807, 2.05) is 0 Å². The van der Waals surface area contributed by atoms with E-state index in [4.69, 9.17) is 9.88 Å². The number of sulfonamides is 1. The Morgan fingerprint density at radius 2 is 2.04 bits per heavy atom. The van der Waals surface area contributed by atoms with Gasteiger partial charge in [0.05, 0.1) is 18.6 Å². The molecular weight excluding hydrogens is 380 g/mol. The lowest BCUT2D eigenvalue weighted by atomic mass is 9.98. The minimum absolute atomic E-state index is 0.112. The largest absolute Gasteiger partial charge is 0.496 e. The molecule has 2 rings (SSSR count). The number of hydrogen-bond donors (Lipinski definition) is 3. The lowest BCUT2D eigenvalue weighted by Gasteiger charge is -2.15. The van der Waals surface area contributed by atoms with Crippen molar-refractivity contribution in [2.75, 3.05) is 13.7 Å². The van der Waals surface area contributed by atoms with Crippen LogP contribution in [0.15, 0.2) is 39.9 Å². The first-order valence-electron chi connectivity index (χ1n) is 7.46. The van der Waals surface area contributed by atoms with E-state index in [9.17, 15) is 23.1 Å². The van der Waals surface area contributed by atoms with E-state index in [2.05, 4.69) is 5.32 Å². The molecule has 0 bridgehead atoms. The fourth-order valence-electron chi connectivity index (χ4n) is 2.29. The van der Waals surface area contributed by atoms with Gasteiger partial charge in [0.2, 0.25) is 10.0 Å². The fourth-order valence-corrected chi connectivity index (χ4v) is 3.87. The van der Waals surface area contributed by atoms with Crippen molar-refractivity contribution < 1.29 is 27.9 Å². The summed E-state index contributed by atoms with van der Waals surface area (Å²) in [6.45, 7) is -0.118. The maximum absolute atomic E-state index is 12.1. The van der Waals surface area contributed by atoms with Crippen molar-refractivity contribution in [3.8, 4) is 5.75 Å². The maximum atomic E-state index is 12.1. The number of rotatable bonds is 8. The van der Waals surface area contributed by atoms with Gasteiger partial charge < -0.3 is 15.2 Å². The fraction of sp³-hybridized carbons (Fsp3) is 0.250. The first kappa shape index (κ1) is 19.9. The van der Waals surface area contributed by atoms with Gasteiger partial charge in [-0.05, 0) is 24.1 Å². The van der Waals surface area contributed by atoms with E-state index in [-0.39, 0.29) is 22.7 Å². The zero-order valence-corrected chi connectivity index (χ0v) is 15.5. The molecule has 2 aromatic rings. The second-order valence-electron chi connectivity index (χ2n) is 5.46. The third-order valence-corrected chi connectivity index (χ3v) is 6.02. The third-order valence-electron chi connectivity index (χ3n) is 3.64. The molecule has 1 amide bonds. The van der Waals surface area contributed by atoms with Crippen LogP contribution >= 0.6 is 11.3 Å². The normalized spacial score (nSPS) is 12.4. The minimum Gasteiger partial charge on any atom is -0.496 e. The van der Waals surface area contributed by atoms with Crippen LogP contribution in [0.25, 0.3) is 0 Å². The molecule has 0 radical (unpaired) electrons. The Kier molecular flexibility index (Phi) is 6.35. The van der Waals surface area contributed by atoms with Gasteiger partial charge in [0, 0.05) is 11.9 Å². The van der Waals surface area contributed by atoms with Crippen molar-refractivity contribution in [3.63, 3.8) is 0 Å². The second kappa shape index (κ2) is 8.30. The summed E-state index contributed by atoms with van der Waals surface area (Å²) in [6, 6.07) is 8.20. The number of carboxylic acid groups (broad SMARTS) is 1. The summed E-state index contributed by atoms with van der Waals surface area (Å²) < 4.78 is 27.6. The lowest BCUT2D eigenvalue weighted by molar-refractivity contribution is -0.141. The zero-order chi connectivity index (χ0) is 19.3. The monoisotopic (exact) mass is 398 g/mol. The number of ether oxygens (including phenoxy) is 1. The zero-order valence-electron chi connectivity index (χ0n) is 13.8. The van der Waals surface area contributed by atoms with Gasteiger partial charge in [-0.3, -0.25) is 9.59 Å². The molecular formula is C16H18N2O6S2. The van der Waals surface area contributed by atoms with Crippen LogP contribution in [0.1, 0.15) is 15.9 Å². The molecule has 8 nitrogen and oxygen atoms in total. The van der Waals surface area contributed by atoms with Crippen molar-refractivity contribution in [2.45, 2.75) is 10.6 Å².